The zero-order valence-corrected chi connectivity index (χ0v) is 16.8. The van der Waals surface area contributed by atoms with E-state index >= 15 is 0 Å². The third kappa shape index (κ3) is 3.68. The van der Waals surface area contributed by atoms with Crippen LogP contribution in [0.15, 0.2) is 53.1 Å². The van der Waals surface area contributed by atoms with Crippen LogP contribution in [0.1, 0.15) is 34.3 Å². The molecule has 4 aromatic rings. The van der Waals surface area contributed by atoms with Gasteiger partial charge in [0.15, 0.2) is 0 Å². The van der Waals surface area contributed by atoms with Crippen molar-refractivity contribution in [1.29, 1.82) is 0 Å². The molecule has 3 N–H and O–H groups in total. The lowest BCUT2D eigenvalue weighted by Gasteiger charge is -2.14. The number of carbonyl (C=O) groups excluding carboxylic acids is 1. The molecule has 3 heterocycles. The van der Waals surface area contributed by atoms with Crippen molar-refractivity contribution in [2.75, 3.05) is 11.9 Å². The first-order chi connectivity index (χ1) is 15.2. The molecule has 0 saturated heterocycles. The number of nitrogens with one attached hydrogen (secondary N) is 1. The van der Waals surface area contributed by atoms with Gasteiger partial charge in [-0.05, 0) is 37.0 Å². The Balaban J connectivity index is 1.59. The van der Waals surface area contributed by atoms with Crippen LogP contribution in [0.5, 0.6) is 5.88 Å². The van der Waals surface area contributed by atoms with Gasteiger partial charge < -0.3 is 20.3 Å². The average molecular weight is 415 g/mol. The maximum Gasteiger partial charge on any atom is 0.251 e. The molecule has 8 nitrogen and oxygen atoms in total. The van der Waals surface area contributed by atoms with E-state index in [4.69, 9.17) is 20.0 Å². The molecule has 1 aliphatic rings. The number of benzene rings is 2. The van der Waals surface area contributed by atoms with Gasteiger partial charge in [-0.2, -0.15) is 4.98 Å². The van der Waals surface area contributed by atoms with Crippen molar-refractivity contribution in [2.45, 2.75) is 25.8 Å². The predicted octanol–water partition coefficient (Wildman–Crippen LogP) is 3.71. The number of primary amides is 1. The molecule has 156 valence electrons. The van der Waals surface area contributed by atoms with Crippen LogP contribution >= 0.6 is 0 Å². The molecule has 0 atom stereocenters. The van der Waals surface area contributed by atoms with E-state index in [-0.39, 0.29) is 0 Å². The highest BCUT2D eigenvalue weighted by atomic mass is 16.5. The number of ether oxygens (including phenoxy) is 1. The molecular weight excluding hydrogens is 394 g/mol. The highest BCUT2D eigenvalue weighted by Gasteiger charge is 2.23. The first-order valence-electron chi connectivity index (χ1n) is 10.2. The smallest absolute Gasteiger partial charge is 0.251 e. The summed E-state index contributed by atoms with van der Waals surface area (Å²) in [4.78, 5) is 21.1. The van der Waals surface area contributed by atoms with E-state index in [2.05, 4.69) is 27.6 Å². The number of aromatic nitrogens is 3. The van der Waals surface area contributed by atoms with Gasteiger partial charge in [0, 0.05) is 6.54 Å². The van der Waals surface area contributed by atoms with Crippen molar-refractivity contribution in [3.8, 4) is 17.5 Å². The first kappa shape index (κ1) is 19.0. The van der Waals surface area contributed by atoms with Gasteiger partial charge in [-0.25, -0.2) is 4.98 Å². The second-order valence-corrected chi connectivity index (χ2v) is 7.40. The van der Waals surface area contributed by atoms with Gasteiger partial charge in [0.05, 0.1) is 23.1 Å². The molecule has 2 aromatic heterocycles. The van der Waals surface area contributed by atoms with E-state index in [1.165, 1.54) is 0 Å². The highest BCUT2D eigenvalue weighted by molar-refractivity contribution is 6.07. The summed E-state index contributed by atoms with van der Waals surface area (Å²) < 4.78 is 11.5. The van der Waals surface area contributed by atoms with E-state index in [1.807, 2.05) is 18.2 Å². The number of amides is 1. The normalized spacial score (nSPS) is 13.3. The average Bonchev–Trinajstić information content (AvgIpc) is 3.08. The molecule has 31 heavy (non-hydrogen) atoms. The molecule has 0 saturated carbocycles. The standard InChI is InChI=1S/C23H21N5O3/c24-20(29)16-11-6-10-15-18(16)28-31-19(15)22-26-21(25-13-14-7-2-1-3-8-14)17-9-4-5-12-30-23(17)27-22/h1-3,6-8,10-11H,4-5,9,12-13H2,(H2,24,29)(H,25,26,27). The molecule has 0 radical (unpaired) electrons. The summed E-state index contributed by atoms with van der Waals surface area (Å²) in [7, 11) is 0. The van der Waals surface area contributed by atoms with Crippen molar-refractivity contribution in [2.24, 2.45) is 5.73 Å². The second-order valence-electron chi connectivity index (χ2n) is 7.40. The number of fused-ring (bicyclic) bond motifs is 2. The van der Waals surface area contributed by atoms with Gasteiger partial charge in [0.1, 0.15) is 11.3 Å². The van der Waals surface area contributed by atoms with E-state index in [0.29, 0.717) is 52.9 Å². The predicted molar refractivity (Wildman–Crippen MR) is 116 cm³/mol. The summed E-state index contributed by atoms with van der Waals surface area (Å²) in [6.07, 6.45) is 2.79. The minimum Gasteiger partial charge on any atom is -0.477 e. The molecule has 0 fully saturated rings. The van der Waals surface area contributed by atoms with Gasteiger partial charge in [-0.1, -0.05) is 41.6 Å². The molecule has 0 unspecified atom stereocenters. The van der Waals surface area contributed by atoms with E-state index in [0.717, 1.165) is 30.4 Å². The third-order valence-electron chi connectivity index (χ3n) is 5.31. The molecular formula is C23H21N5O3. The number of nitrogens with two attached hydrogens (primary N) is 1. The van der Waals surface area contributed by atoms with Gasteiger partial charge in [0.25, 0.3) is 5.91 Å². The fourth-order valence-electron chi connectivity index (χ4n) is 3.74. The van der Waals surface area contributed by atoms with Crippen LogP contribution < -0.4 is 15.8 Å². The summed E-state index contributed by atoms with van der Waals surface area (Å²) in [6.45, 7) is 1.22. The highest BCUT2D eigenvalue weighted by Crippen LogP contribution is 2.34. The first-order valence-corrected chi connectivity index (χ1v) is 10.2. The van der Waals surface area contributed by atoms with E-state index in [9.17, 15) is 4.79 Å². The lowest BCUT2D eigenvalue weighted by atomic mass is 10.1. The number of carbonyl (C=O) groups is 1. The van der Waals surface area contributed by atoms with E-state index < -0.39 is 5.91 Å². The van der Waals surface area contributed by atoms with Gasteiger partial charge >= 0.3 is 0 Å². The summed E-state index contributed by atoms with van der Waals surface area (Å²) >= 11 is 0. The Morgan fingerprint density at radius 2 is 1.94 bits per heavy atom. The molecule has 8 heteroatoms. The molecule has 5 rings (SSSR count). The fourth-order valence-corrected chi connectivity index (χ4v) is 3.74. The lowest BCUT2D eigenvalue weighted by molar-refractivity contribution is 0.100. The zero-order chi connectivity index (χ0) is 21.2. The number of anilines is 1. The SMILES string of the molecule is NC(=O)c1cccc2c(-c3nc(NCc4ccccc4)c4c(n3)OCCCC4)onc12. The number of nitrogens with zero attached hydrogens (tertiary/aromatic N) is 3. The zero-order valence-electron chi connectivity index (χ0n) is 16.8. The van der Waals surface area contributed by atoms with Crippen molar-refractivity contribution in [3.05, 3.63) is 65.2 Å². The largest absolute Gasteiger partial charge is 0.477 e. The fraction of sp³-hybridized carbons (Fsp3) is 0.217. The molecule has 2 aromatic carbocycles. The van der Waals surface area contributed by atoms with Crippen molar-refractivity contribution >= 4 is 22.6 Å². The van der Waals surface area contributed by atoms with Crippen LogP contribution in [0.3, 0.4) is 0 Å². The molecule has 0 bridgehead atoms. The van der Waals surface area contributed by atoms with Crippen LogP contribution in [0.25, 0.3) is 22.5 Å². The number of hydrogen-bond acceptors (Lipinski definition) is 7. The number of rotatable bonds is 5. The molecule has 1 aliphatic heterocycles. The third-order valence-corrected chi connectivity index (χ3v) is 5.31. The topological polar surface area (TPSA) is 116 Å². The van der Waals surface area contributed by atoms with Gasteiger partial charge in [-0.15, -0.1) is 0 Å². The Morgan fingerprint density at radius 1 is 1.06 bits per heavy atom. The Hall–Kier alpha value is -3.94. The van der Waals surface area contributed by atoms with Crippen molar-refractivity contribution < 1.29 is 14.1 Å². The molecule has 1 amide bonds. The monoisotopic (exact) mass is 415 g/mol. The summed E-state index contributed by atoms with van der Waals surface area (Å²) in [6, 6.07) is 15.3. The van der Waals surface area contributed by atoms with Gasteiger partial charge in [-0.3, -0.25) is 4.79 Å². The Labute approximate surface area is 178 Å². The Bertz CT molecular complexity index is 1250. The second kappa shape index (κ2) is 8.06. The summed E-state index contributed by atoms with van der Waals surface area (Å²) in [5.74, 6) is 1.41. The maximum absolute atomic E-state index is 11.7. The minimum atomic E-state index is -0.568. The van der Waals surface area contributed by atoms with Crippen molar-refractivity contribution in [1.82, 2.24) is 15.1 Å². The Morgan fingerprint density at radius 3 is 2.77 bits per heavy atom. The molecule has 0 aliphatic carbocycles. The van der Waals surface area contributed by atoms with Crippen LogP contribution in [0, 0.1) is 0 Å². The maximum atomic E-state index is 11.7. The Kier molecular flexibility index (Phi) is 4.95. The van der Waals surface area contributed by atoms with Crippen LogP contribution in [0.4, 0.5) is 5.82 Å². The molecule has 0 spiro atoms. The quantitative estimate of drug-likeness (QED) is 0.510. The van der Waals surface area contributed by atoms with E-state index in [1.54, 1.807) is 18.2 Å². The minimum absolute atomic E-state index is 0.293. The summed E-state index contributed by atoms with van der Waals surface area (Å²) in [5, 5.41) is 8.11. The van der Waals surface area contributed by atoms with Crippen LogP contribution in [-0.4, -0.2) is 27.6 Å². The van der Waals surface area contributed by atoms with Crippen LogP contribution in [0.2, 0.25) is 0 Å². The number of hydrogen-bond donors (Lipinski definition) is 2. The van der Waals surface area contributed by atoms with Gasteiger partial charge in [0.2, 0.25) is 17.5 Å². The van der Waals surface area contributed by atoms with Crippen molar-refractivity contribution in [3.63, 3.8) is 0 Å². The lowest BCUT2D eigenvalue weighted by Crippen LogP contribution is -2.11. The van der Waals surface area contributed by atoms with Crippen LogP contribution in [-0.2, 0) is 13.0 Å². The summed E-state index contributed by atoms with van der Waals surface area (Å²) in [5.41, 5.74) is 8.26.